The standard InChI is InChI=1S/C21H20ClN7OS/c1-14(12-29-13-25-27-28-29)30-19-9-15(7-8-17(19)22)16-10-23-21(24-11-16)26-18-5-3-4-6-20(18)31-2/h3-11,13-14H,12H2,1-2H3,(H,23,24,26)/t14-/m0/s1. The van der Waals surface area contributed by atoms with Crippen LogP contribution in [0.25, 0.3) is 11.1 Å². The smallest absolute Gasteiger partial charge is 0.227 e. The first-order chi connectivity index (χ1) is 15.1. The van der Waals surface area contributed by atoms with Gasteiger partial charge in [0.2, 0.25) is 5.95 Å². The molecular formula is C21H20ClN7OS. The van der Waals surface area contributed by atoms with E-state index in [-0.39, 0.29) is 6.10 Å². The normalized spacial score (nSPS) is 11.8. The van der Waals surface area contributed by atoms with Crippen LogP contribution in [0.15, 0.2) is 66.1 Å². The molecule has 1 atom stereocenters. The third-order valence-electron chi connectivity index (χ3n) is 4.43. The van der Waals surface area contributed by atoms with Crippen LogP contribution in [0.4, 0.5) is 11.6 Å². The van der Waals surface area contributed by atoms with Crippen LogP contribution in [0, 0.1) is 0 Å². The summed E-state index contributed by atoms with van der Waals surface area (Å²) in [5, 5.41) is 14.9. The second kappa shape index (κ2) is 9.76. The Hall–Kier alpha value is -3.17. The molecule has 0 aliphatic rings. The molecule has 8 nitrogen and oxygen atoms in total. The molecule has 0 aliphatic carbocycles. The van der Waals surface area contributed by atoms with E-state index in [1.807, 2.05) is 43.5 Å². The number of hydrogen-bond acceptors (Lipinski definition) is 8. The summed E-state index contributed by atoms with van der Waals surface area (Å²) in [4.78, 5) is 10.0. The maximum Gasteiger partial charge on any atom is 0.227 e. The Morgan fingerprint density at radius 1 is 1.13 bits per heavy atom. The molecule has 0 saturated carbocycles. The predicted octanol–water partition coefficient (Wildman–Crippen LogP) is 4.72. The summed E-state index contributed by atoms with van der Waals surface area (Å²) in [6.45, 7) is 2.44. The van der Waals surface area contributed by atoms with Crippen molar-refractivity contribution in [1.82, 2.24) is 30.2 Å². The van der Waals surface area contributed by atoms with Crippen molar-refractivity contribution < 1.29 is 4.74 Å². The zero-order valence-corrected chi connectivity index (χ0v) is 18.5. The van der Waals surface area contributed by atoms with Gasteiger partial charge in [-0.3, -0.25) is 0 Å². The fourth-order valence-corrected chi connectivity index (χ4v) is 3.68. The SMILES string of the molecule is CSc1ccccc1Nc1ncc(-c2ccc(Cl)c(O[C@@H](C)Cn3cnnn3)c2)cn1. The number of halogens is 1. The number of benzene rings is 2. The van der Waals surface area contributed by atoms with Gasteiger partial charge in [-0.15, -0.1) is 16.9 Å². The number of aromatic nitrogens is 6. The highest BCUT2D eigenvalue weighted by Crippen LogP contribution is 2.32. The molecule has 2 aromatic carbocycles. The lowest BCUT2D eigenvalue weighted by Crippen LogP contribution is -2.20. The summed E-state index contributed by atoms with van der Waals surface area (Å²) in [6, 6.07) is 13.6. The lowest BCUT2D eigenvalue weighted by atomic mass is 10.1. The lowest BCUT2D eigenvalue weighted by Gasteiger charge is -2.16. The van der Waals surface area contributed by atoms with Crippen LogP contribution in [-0.2, 0) is 6.54 Å². The highest BCUT2D eigenvalue weighted by Gasteiger charge is 2.12. The topological polar surface area (TPSA) is 90.6 Å². The Bertz CT molecular complexity index is 1140. The second-order valence-corrected chi connectivity index (χ2v) is 7.98. The molecule has 10 heteroatoms. The molecule has 0 radical (unpaired) electrons. The number of nitrogens with zero attached hydrogens (tertiary/aromatic N) is 6. The molecule has 0 aliphatic heterocycles. The van der Waals surface area contributed by atoms with E-state index < -0.39 is 0 Å². The quantitative estimate of drug-likeness (QED) is 0.383. The van der Waals surface area contributed by atoms with E-state index in [1.54, 1.807) is 41.2 Å². The maximum atomic E-state index is 6.34. The predicted molar refractivity (Wildman–Crippen MR) is 122 cm³/mol. The van der Waals surface area contributed by atoms with Gasteiger partial charge >= 0.3 is 0 Å². The van der Waals surface area contributed by atoms with Crippen LogP contribution in [0.2, 0.25) is 5.02 Å². The van der Waals surface area contributed by atoms with E-state index in [4.69, 9.17) is 16.3 Å². The van der Waals surface area contributed by atoms with E-state index >= 15 is 0 Å². The highest BCUT2D eigenvalue weighted by atomic mass is 35.5. The number of para-hydroxylation sites is 1. The fourth-order valence-electron chi connectivity index (χ4n) is 2.96. The van der Waals surface area contributed by atoms with Gasteiger partial charge in [-0.1, -0.05) is 29.8 Å². The number of thioether (sulfide) groups is 1. The number of rotatable bonds is 8. The zero-order valence-electron chi connectivity index (χ0n) is 16.9. The van der Waals surface area contributed by atoms with Gasteiger partial charge in [-0.2, -0.15) is 0 Å². The van der Waals surface area contributed by atoms with Crippen LogP contribution < -0.4 is 10.1 Å². The molecule has 0 amide bonds. The third kappa shape index (κ3) is 5.31. The number of hydrogen-bond donors (Lipinski definition) is 1. The number of nitrogens with one attached hydrogen (secondary N) is 1. The van der Waals surface area contributed by atoms with Crippen LogP contribution in [0.5, 0.6) is 5.75 Å². The first kappa shape index (κ1) is 21.1. The molecule has 0 spiro atoms. The Kier molecular flexibility index (Phi) is 6.63. The molecule has 4 aromatic rings. The zero-order chi connectivity index (χ0) is 21.6. The number of tetrazole rings is 1. The molecule has 0 unspecified atom stereocenters. The molecular weight excluding hydrogens is 434 g/mol. The Labute approximate surface area is 189 Å². The van der Waals surface area contributed by atoms with Gasteiger partial charge in [-0.05, 0) is 53.4 Å². The van der Waals surface area contributed by atoms with Crippen molar-refractivity contribution in [2.45, 2.75) is 24.5 Å². The maximum absolute atomic E-state index is 6.34. The molecule has 31 heavy (non-hydrogen) atoms. The van der Waals surface area contributed by atoms with E-state index in [1.165, 1.54) is 0 Å². The Morgan fingerprint density at radius 3 is 2.68 bits per heavy atom. The van der Waals surface area contributed by atoms with Crippen molar-refractivity contribution in [2.24, 2.45) is 0 Å². The molecule has 2 heterocycles. The second-order valence-electron chi connectivity index (χ2n) is 6.73. The van der Waals surface area contributed by atoms with Gasteiger partial charge in [-0.25, -0.2) is 14.6 Å². The third-order valence-corrected chi connectivity index (χ3v) is 5.54. The van der Waals surface area contributed by atoms with Gasteiger partial charge in [0, 0.05) is 22.9 Å². The van der Waals surface area contributed by atoms with Gasteiger partial charge in [0.05, 0.1) is 17.3 Å². The van der Waals surface area contributed by atoms with Crippen LogP contribution in [-0.4, -0.2) is 42.5 Å². The van der Waals surface area contributed by atoms with Crippen LogP contribution in [0.3, 0.4) is 0 Å². The Balaban J connectivity index is 1.48. The first-order valence-electron chi connectivity index (χ1n) is 9.52. The summed E-state index contributed by atoms with van der Waals surface area (Å²) in [6.07, 6.45) is 6.95. The van der Waals surface area contributed by atoms with Crippen molar-refractivity contribution >= 4 is 35.0 Å². The fraction of sp³-hybridized carbons (Fsp3) is 0.190. The van der Waals surface area contributed by atoms with E-state index in [2.05, 4.69) is 36.9 Å². The minimum atomic E-state index is -0.171. The van der Waals surface area contributed by atoms with Crippen LogP contribution in [0.1, 0.15) is 6.92 Å². The molecule has 0 fully saturated rings. The van der Waals surface area contributed by atoms with Crippen molar-refractivity contribution in [3.8, 4) is 16.9 Å². The van der Waals surface area contributed by atoms with E-state index in [0.29, 0.717) is 23.3 Å². The van der Waals surface area contributed by atoms with Gasteiger partial charge in [0.25, 0.3) is 0 Å². The van der Waals surface area contributed by atoms with E-state index in [9.17, 15) is 0 Å². The van der Waals surface area contributed by atoms with Crippen LogP contribution >= 0.6 is 23.4 Å². The molecule has 1 N–H and O–H groups in total. The molecule has 2 aromatic heterocycles. The van der Waals surface area contributed by atoms with Gasteiger partial charge in [0.15, 0.2) is 0 Å². The number of anilines is 2. The van der Waals surface area contributed by atoms with Crippen molar-refractivity contribution in [3.05, 3.63) is 66.2 Å². The lowest BCUT2D eigenvalue weighted by molar-refractivity contribution is 0.193. The van der Waals surface area contributed by atoms with Gasteiger partial charge < -0.3 is 10.1 Å². The highest BCUT2D eigenvalue weighted by molar-refractivity contribution is 7.98. The van der Waals surface area contributed by atoms with Crippen molar-refractivity contribution in [2.75, 3.05) is 11.6 Å². The minimum Gasteiger partial charge on any atom is -0.487 e. The first-order valence-corrected chi connectivity index (χ1v) is 11.1. The monoisotopic (exact) mass is 453 g/mol. The summed E-state index contributed by atoms with van der Waals surface area (Å²) in [5.41, 5.74) is 2.74. The summed E-state index contributed by atoms with van der Waals surface area (Å²) >= 11 is 8.00. The summed E-state index contributed by atoms with van der Waals surface area (Å²) in [5.74, 6) is 1.11. The largest absolute Gasteiger partial charge is 0.487 e. The number of ether oxygens (including phenoxy) is 1. The minimum absolute atomic E-state index is 0.171. The summed E-state index contributed by atoms with van der Waals surface area (Å²) < 4.78 is 7.61. The van der Waals surface area contributed by atoms with E-state index in [0.717, 1.165) is 21.7 Å². The molecule has 0 bridgehead atoms. The average Bonchev–Trinajstić information content (AvgIpc) is 3.29. The Morgan fingerprint density at radius 2 is 1.94 bits per heavy atom. The molecule has 158 valence electrons. The molecule has 0 saturated heterocycles. The van der Waals surface area contributed by atoms with Gasteiger partial charge in [0.1, 0.15) is 18.2 Å². The summed E-state index contributed by atoms with van der Waals surface area (Å²) in [7, 11) is 0. The molecule has 4 rings (SSSR count). The average molecular weight is 454 g/mol. The van der Waals surface area contributed by atoms with Crippen molar-refractivity contribution in [3.63, 3.8) is 0 Å². The van der Waals surface area contributed by atoms with Crippen molar-refractivity contribution in [1.29, 1.82) is 0 Å².